The van der Waals surface area contributed by atoms with Crippen LogP contribution in [0.2, 0.25) is 0 Å². The Morgan fingerprint density at radius 3 is 2.44 bits per heavy atom. The van der Waals surface area contributed by atoms with Crippen molar-refractivity contribution >= 4 is 5.97 Å². The Morgan fingerprint density at radius 1 is 1.11 bits per heavy atom. The second-order valence-corrected chi connectivity index (χ2v) is 3.97. The van der Waals surface area contributed by atoms with Crippen LogP contribution in [0, 0.1) is 0 Å². The first-order valence-corrected chi connectivity index (χ1v) is 6.25. The van der Waals surface area contributed by atoms with E-state index in [0.29, 0.717) is 12.2 Å². The molecular weight excluding hydrogens is 232 g/mol. The highest BCUT2D eigenvalue weighted by Gasteiger charge is 2.07. The van der Waals surface area contributed by atoms with E-state index in [1.165, 1.54) is 26.4 Å². The lowest BCUT2D eigenvalue weighted by Crippen LogP contribution is -2.04. The van der Waals surface area contributed by atoms with E-state index in [-0.39, 0.29) is 0 Å². The van der Waals surface area contributed by atoms with E-state index in [9.17, 15) is 4.79 Å². The van der Waals surface area contributed by atoms with Crippen LogP contribution in [0.3, 0.4) is 0 Å². The molecule has 0 N–H and O–H groups in total. The normalized spacial score (nSPS) is 10.1. The molecule has 0 aliphatic heterocycles. The van der Waals surface area contributed by atoms with Gasteiger partial charge in [0.2, 0.25) is 0 Å². The third kappa shape index (κ3) is 5.19. The summed E-state index contributed by atoms with van der Waals surface area (Å²) in [5.74, 6) is 0.257. The quantitative estimate of drug-likeness (QED) is 0.404. The van der Waals surface area contributed by atoms with Crippen molar-refractivity contribution in [1.29, 1.82) is 0 Å². The SMILES string of the molecule is CCCCCCOc1ccc(C(=O)OOC)cc1. The first kappa shape index (κ1) is 14.5. The molecule has 4 nitrogen and oxygen atoms in total. The van der Waals surface area contributed by atoms with Crippen molar-refractivity contribution in [3.05, 3.63) is 29.8 Å². The van der Waals surface area contributed by atoms with Crippen molar-refractivity contribution in [2.45, 2.75) is 32.6 Å². The summed E-state index contributed by atoms with van der Waals surface area (Å²) in [7, 11) is 1.30. The number of carbonyl (C=O) groups is 1. The number of unbranched alkanes of at least 4 members (excludes halogenated alkanes) is 3. The molecule has 4 heteroatoms. The average Bonchev–Trinajstić information content (AvgIpc) is 2.39. The molecule has 0 fully saturated rings. The summed E-state index contributed by atoms with van der Waals surface area (Å²) < 4.78 is 5.56. The van der Waals surface area contributed by atoms with Gasteiger partial charge in [-0.05, 0) is 30.7 Å². The highest BCUT2D eigenvalue weighted by atomic mass is 17.2. The van der Waals surface area contributed by atoms with Gasteiger partial charge in [0, 0.05) is 0 Å². The lowest BCUT2D eigenvalue weighted by Gasteiger charge is -2.06. The minimum Gasteiger partial charge on any atom is -0.494 e. The predicted octanol–water partition coefficient (Wildman–Crippen LogP) is 3.36. The molecule has 0 heterocycles. The lowest BCUT2D eigenvalue weighted by molar-refractivity contribution is -0.216. The van der Waals surface area contributed by atoms with Gasteiger partial charge < -0.3 is 4.74 Å². The molecule has 0 atom stereocenters. The van der Waals surface area contributed by atoms with Gasteiger partial charge in [0.15, 0.2) is 0 Å². The molecule has 0 radical (unpaired) electrons. The van der Waals surface area contributed by atoms with Crippen LogP contribution in [-0.2, 0) is 9.78 Å². The fourth-order valence-corrected chi connectivity index (χ4v) is 1.53. The molecule has 18 heavy (non-hydrogen) atoms. The first-order chi connectivity index (χ1) is 8.77. The van der Waals surface area contributed by atoms with Crippen molar-refractivity contribution in [2.24, 2.45) is 0 Å². The van der Waals surface area contributed by atoms with Crippen LogP contribution in [0.4, 0.5) is 0 Å². The van der Waals surface area contributed by atoms with E-state index in [4.69, 9.17) is 4.74 Å². The smallest absolute Gasteiger partial charge is 0.373 e. The van der Waals surface area contributed by atoms with E-state index in [1.54, 1.807) is 24.3 Å². The van der Waals surface area contributed by atoms with Crippen LogP contribution in [0.1, 0.15) is 43.0 Å². The Kier molecular flexibility index (Phi) is 6.87. The highest BCUT2D eigenvalue weighted by molar-refractivity contribution is 5.89. The number of hydrogen-bond acceptors (Lipinski definition) is 4. The van der Waals surface area contributed by atoms with Gasteiger partial charge >= 0.3 is 5.97 Å². The Labute approximate surface area is 108 Å². The zero-order chi connectivity index (χ0) is 13.2. The fraction of sp³-hybridized carbons (Fsp3) is 0.500. The van der Waals surface area contributed by atoms with Crippen molar-refractivity contribution in [2.75, 3.05) is 13.7 Å². The Bertz CT molecular complexity index is 345. The van der Waals surface area contributed by atoms with Crippen LogP contribution in [0.15, 0.2) is 24.3 Å². The Morgan fingerprint density at radius 2 is 1.83 bits per heavy atom. The minimum absolute atomic E-state index is 0.440. The maximum atomic E-state index is 11.3. The largest absolute Gasteiger partial charge is 0.494 e. The number of ether oxygens (including phenoxy) is 1. The highest BCUT2D eigenvalue weighted by Crippen LogP contribution is 2.13. The molecule has 0 spiro atoms. The number of rotatable bonds is 8. The van der Waals surface area contributed by atoms with Gasteiger partial charge in [0.1, 0.15) is 5.75 Å². The van der Waals surface area contributed by atoms with E-state index in [1.807, 2.05) is 0 Å². The predicted molar refractivity (Wildman–Crippen MR) is 68.5 cm³/mol. The van der Waals surface area contributed by atoms with Crippen LogP contribution >= 0.6 is 0 Å². The van der Waals surface area contributed by atoms with Crippen LogP contribution < -0.4 is 4.74 Å². The first-order valence-electron chi connectivity index (χ1n) is 6.25. The summed E-state index contributed by atoms with van der Waals surface area (Å²) >= 11 is 0. The summed E-state index contributed by atoms with van der Waals surface area (Å²) in [5, 5.41) is 0. The lowest BCUT2D eigenvalue weighted by atomic mass is 10.2. The summed E-state index contributed by atoms with van der Waals surface area (Å²) in [6.07, 6.45) is 4.71. The summed E-state index contributed by atoms with van der Waals surface area (Å²) in [6.45, 7) is 2.89. The molecule has 1 rings (SSSR count). The third-order valence-electron chi connectivity index (χ3n) is 2.52. The maximum Gasteiger partial charge on any atom is 0.373 e. The van der Waals surface area contributed by atoms with Crippen molar-refractivity contribution < 1.29 is 19.3 Å². The molecule has 0 aliphatic rings. The van der Waals surface area contributed by atoms with E-state index >= 15 is 0 Å². The van der Waals surface area contributed by atoms with Crippen LogP contribution in [-0.4, -0.2) is 19.7 Å². The molecule has 0 bridgehead atoms. The molecule has 0 saturated heterocycles. The summed E-state index contributed by atoms with van der Waals surface area (Å²) in [6, 6.07) is 6.82. The van der Waals surface area contributed by atoms with Gasteiger partial charge in [-0.1, -0.05) is 26.2 Å². The van der Waals surface area contributed by atoms with E-state index in [2.05, 4.69) is 16.7 Å². The topological polar surface area (TPSA) is 44.8 Å². The van der Waals surface area contributed by atoms with Crippen molar-refractivity contribution in [3.8, 4) is 5.75 Å². The molecule has 0 aliphatic carbocycles. The molecule has 1 aromatic carbocycles. The standard InChI is InChI=1S/C14H20O4/c1-3-4-5-6-11-17-13-9-7-12(8-10-13)14(15)18-16-2/h7-10H,3-6,11H2,1-2H3. The molecule has 0 unspecified atom stereocenters. The van der Waals surface area contributed by atoms with Gasteiger partial charge in [-0.2, -0.15) is 4.89 Å². The van der Waals surface area contributed by atoms with Gasteiger partial charge in [0.25, 0.3) is 0 Å². The van der Waals surface area contributed by atoms with Gasteiger partial charge in [-0.15, -0.1) is 0 Å². The minimum atomic E-state index is -0.507. The second kappa shape index (κ2) is 8.53. The Hall–Kier alpha value is -1.55. The fourth-order valence-electron chi connectivity index (χ4n) is 1.53. The average molecular weight is 252 g/mol. The summed E-state index contributed by atoms with van der Waals surface area (Å²) in [4.78, 5) is 20.0. The molecule has 1 aromatic rings. The van der Waals surface area contributed by atoms with Crippen LogP contribution in [0.5, 0.6) is 5.75 Å². The van der Waals surface area contributed by atoms with Crippen molar-refractivity contribution in [1.82, 2.24) is 0 Å². The molecule has 0 amide bonds. The molecular formula is C14H20O4. The van der Waals surface area contributed by atoms with Crippen LogP contribution in [0.25, 0.3) is 0 Å². The third-order valence-corrected chi connectivity index (χ3v) is 2.52. The number of carbonyl (C=O) groups excluding carboxylic acids is 1. The van der Waals surface area contributed by atoms with E-state index in [0.717, 1.165) is 12.2 Å². The van der Waals surface area contributed by atoms with Gasteiger partial charge in [-0.25, -0.2) is 4.79 Å². The second-order valence-electron chi connectivity index (χ2n) is 3.97. The van der Waals surface area contributed by atoms with Crippen molar-refractivity contribution in [3.63, 3.8) is 0 Å². The molecule has 100 valence electrons. The Balaban J connectivity index is 2.33. The molecule has 0 saturated carbocycles. The number of hydrogen-bond donors (Lipinski definition) is 0. The van der Waals surface area contributed by atoms with E-state index < -0.39 is 5.97 Å². The number of benzene rings is 1. The zero-order valence-corrected chi connectivity index (χ0v) is 11.0. The monoisotopic (exact) mass is 252 g/mol. The van der Waals surface area contributed by atoms with Gasteiger partial charge in [0.05, 0.1) is 19.3 Å². The summed E-state index contributed by atoms with van der Waals surface area (Å²) in [5.41, 5.74) is 0.440. The van der Waals surface area contributed by atoms with Gasteiger partial charge in [-0.3, -0.25) is 4.89 Å². The zero-order valence-electron chi connectivity index (χ0n) is 11.0. The maximum absolute atomic E-state index is 11.3. The molecule has 0 aromatic heterocycles.